The van der Waals surface area contributed by atoms with E-state index in [1.54, 1.807) is 12.1 Å². The third kappa shape index (κ3) is 4.07. The van der Waals surface area contributed by atoms with Gasteiger partial charge in [0.15, 0.2) is 0 Å². The summed E-state index contributed by atoms with van der Waals surface area (Å²) in [6, 6.07) is 4.83. The minimum absolute atomic E-state index is 0.0369. The first-order valence-electron chi connectivity index (χ1n) is 6.02. The largest absolute Gasteiger partial charge is 0.366 e. The molecule has 19 heavy (non-hydrogen) atoms. The van der Waals surface area contributed by atoms with Gasteiger partial charge in [-0.05, 0) is 32.0 Å². The van der Waals surface area contributed by atoms with Gasteiger partial charge in [-0.15, -0.1) is 12.6 Å². The average molecular weight is 287 g/mol. The maximum absolute atomic E-state index is 13.0. The van der Waals surface area contributed by atoms with Gasteiger partial charge in [-0.25, -0.2) is 4.39 Å². The lowest BCUT2D eigenvalue weighted by Gasteiger charge is -2.30. The molecule has 0 atom stereocenters. The van der Waals surface area contributed by atoms with Crippen molar-refractivity contribution in [2.45, 2.75) is 23.9 Å². The lowest BCUT2D eigenvalue weighted by Crippen LogP contribution is -2.34. The molecule has 1 aromatic carbocycles. The number of hydrogen-bond acceptors (Lipinski definition) is 5. The van der Waals surface area contributed by atoms with Gasteiger partial charge >= 0.3 is 0 Å². The van der Waals surface area contributed by atoms with Gasteiger partial charge in [0.1, 0.15) is 11.9 Å². The highest BCUT2D eigenvalue weighted by Crippen LogP contribution is 2.32. The van der Waals surface area contributed by atoms with E-state index in [9.17, 15) is 14.5 Å². The maximum atomic E-state index is 13.0. The summed E-state index contributed by atoms with van der Waals surface area (Å²) >= 11 is 4.09. The molecule has 0 spiro atoms. The number of anilines is 1. The van der Waals surface area contributed by atoms with Gasteiger partial charge in [-0.1, -0.05) is 0 Å². The fraction of sp³-hybridized carbons (Fsp3) is 0.500. The number of alkyl halides is 1. The smallest absolute Gasteiger partial charge is 0.293 e. The Kier molecular flexibility index (Phi) is 6.04. The number of piperidine rings is 1. The molecule has 7 heteroatoms. The number of nitrogens with zero attached hydrogens (tertiary/aromatic N) is 2. The van der Waals surface area contributed by atoms with Crippen molar-refractivity contribution in [1.82, 2.24) is 0 Å². The zero-order chi connectivity index (χ0) is 14.4. The minimum atomic E-state index is -0.783. The second kappa shape index (κ2) is 7.30. The first kappa shape index (κ1) is 15.7. The summed E-state index contributed by atoms with van der Waals surface area (Å²) in [7, 11) is 1.50. The lowest BCUT2D eigenvalue weighted by molar-refractivity contribution is -0.384. The van der Waals surface area contributed by atoms with E-state index >= 15 is 0 Å². The molecule has 0 aliphatic carbocycles. The van der Waals surface area contributed by atoms with E-state index in [2.05, 4.69) is 18.4 Å². The van der Waals surface area contributed by atoms with E-state index in [0.717, 1.165) is 0 Å². The number of halogens is 1. The van der Waals surface area contributed by atoms with Crippen LogP contribution in [-0.2, 0) is 0 Å². The highest BCUT2D eigenvalue weighted by molar-refractivity contribution is 7.80. The quantitative estimate of drug-likeness (QED) is 0.498. The Balaban J connectivity index is 0.000000861. The lowest BCUT2D eigenvalue weighted by atomic mass is 10.1. The predicted octanol–water partition coefficient (Wildman–Crippen LogP) is 2.40. The van der Waals surface area contributed by atoms with E-state index in [4.69, 9.17) is 0 Å². The number of nitro groups is 1. The number of thiol groups is 1. The molecule has 1 heterocycles. The normalized spacial score (nSPS) is 15.7. The SMILES string of the molecule is CN.O=[N+]([O-])c1cc(S)ccc1N1CCC(F)CC1. The number of hydrogen-bond donors (Lipinski definition) is 2. The van der Waals surface area contributed by atoms with Gasteiger partial charge in [0.2, 0.25) is 0 Å². The van der Waals surface area contributed by atoms with Gasteiger partial charge in [-0.2, -0.15) is 0 Å². The Morgan fingerprint density at radius 3 is 2.53 bits per heavy atom. The van der Waals surface area contributed by atoms with Crippen molar-refractivity contribution in [1.29, 1.82) is 0 Å². The summed E-state index contributed by atoms with van der Waals surface area (Å²) in [5, 5.41) is 11.0. The highest BCUT2D eigenvalue weighted by atomic mass is 32.1. The summed E-state index contributed by atoms with van der Waals surface area (Å²) in [6.45, 7) is 1.04. The number of nitrogens with two attached hydrogens (primary N) is 1. The van der Waals surface area contributed by atoms with Gasteiger partial charge in [-0.3, -0.25) is 10.1 Å². The second-order valence-electron chi connectivity index (χ2n) is 4.09. The molecule has 0 radical (unpaired) electrons. The molecular formula is C12H18FN3O2S. The monoisotopic (exact) mass is 287 g/mol. The molecule has 1 fully saturated rings. The highest BCUT2D eigenvalue weighted by Gasteiger charge is 2.24. The molecular weight excluding hydrogens is 269 g/mol. The van der Waals surface area contributed by atoms with Gasteiger partial charge < -0.3 is 10.6 Å². The Hall–Kier alpha value is -1.34. The summed E-state index contributed by atoms with van der Waals surface area (Å²) < 4.78 is 13.0. The fourth-order valence-corrected chi connectivity index (χ4v) is 2.21. The molecule has 0 bridgehead atoms. The van der Waals surface area contributed by atoms with Crippen molar-refractivity contribution in [3.8, 4) is 0 Å². The zero-order valence-electron chi connectivity index (χ0n) is 10.8. The second-order valence-corrected chi connectivity index (χ2v) is 4.61. The maximum Gasteiger partial charge on any atom is 0.293 e. The summed E-state index contributed by atoms with van der Waals surface area (Å²) in [5.41, 5.74) is 5.09. The van der Waals surface area contributed by atoms with E-state index in [0.29, 0.717) is 36.5 Å². The molecule has 2 rings (SSSR count). The van der Waals surface area contributed by atoms with Crippen molar-refractivity contribution in [2.24, 2.45) is 5.73 Å². The van der Waals surface area contributed by atoms with Gasteiger partial charge in [0.05, 0.1) is 4.92 Å². The molecule has 1 aliphatic rings. The molecule has 106 valence electrons. The molecule has 1 saturated heterocycles. The van der Waals surface area contributed by atoms with Crippen LogP contribution in [0.3, 0.4) is 0 Å². The van der Waals surface area contributed by atoms with E-state index in [1.165, 1.54) is 13.1 Å². The summed E-state index contributed by atoms with van der Waals surface area (Å²) in [5.74, 6) is 0. The third-order valence-corrected chi connectivity index (χ3v) is 3.20. The van der Waals surface area contributed by atoms with Gasteiger partial charge in [0.25, 0.3) is 5.69 Å². The van der Waals surface area contributed by atoms with E-state index < -0.39 is 11.1 Å². The van der Waals surface area contributed by atoms with Crippen LogP contribution in [0.2, 0.25) is 0 Å². The summed E-state index contributed by atoms with van der Waals surface area (Å²) in [4.78, 5) is 13.0. The number of rotatable bonds is 2. The molecule has 5 nitrogen and oxygen atoms in total. The van der Waals surface area contributed by atoms with Crippen molar-refractivity contribution >= 4 is 24.0 Å². The van der Waals surface area contributed by atoms with Crippen molar-refractivity contribution in [3.63, 3.8) is 0 Å². The van der Waals surface area contributed by atoms with Crippen molar-refractivity contribution < 1.29 is 9.31 Å². The predicted molar refractivity (Wildman–Crippen MR) is 76.8 cm³/mol. The Morgan fingerprint density at radius 1 is 1.42 bits per heavy atom. The fourth-order valence-electron chi connectivity index (χ4n) is 2.01. The van der Waals surface area contributed by atoms with Crippen LogP contribution in [0.25, 0.3) is 0 Å². The first-order chi connectivity index (χ1) is 9.08. The van der Waals surface area contributed by atoms with Gasteiger partial charge in [0, 0.05) is 24.1 Å². The summed E-state index contributed by atoms with van der Waals surface area (Å²) in [6.07, 6.45) is 0.0778. The molecule has 2 N–H and O–H groups in total. The third-order valence-electron chi connectivity index (χ3n) is 2.92. The Morgan fingerprint density at radius 2 is 2.00 bits per heavy atom. The van der Waals surface area contributed by atoms with Crippen LogP contribution in [0.5, 0.6) is 0 Å². The van der Waals surface area contributed by atoms with Crippen LogP contribution >= 0.6 is 12.6 Å². The van der Waals surface area contributed by atoms with E-state index in [-0.39, 0.29) is 5.69 Å². The molecule has 0 aromatic heterocycles. The molecule has 0 saturated carbocycles. The van der Waals surface area contributed by atoms with Crippen LogP contribution in [-0.4, -0.2) is 31.2 Å². The average Bonchev–Trinajstić information content (AvgIpc) is 2.42. The molecule has 0 amide bonds. The Bertz CT molecular complexity index is 437. The van der Waals surface area contributed by atoms with Crippen LogP contribution in [0.15, 0.2) is 23.1 Å². The molecule has 1 aliphatic heterocycles. The van der Waals surface area contributed by atoms with Crippen LogP contribution < -0.4 is 10.6 Å². The standard InChI is InChI=1S/C11H13FN2O2S.CH5N/c12-8-3-5-13(6-4-8)10-2-1-9(17)7-11(10)14(15)16;1-2/h1-2,7-8,17H,3-6H2;2H2,1H3. The van der Waals surface area contributed by atoms with Crippen molar-refractivity contribution in [2.75, 3.05) is 25.0 Å². The zero-order valence-corrected chi connectivity index (χ0v) is 11.6. The van der Waals surface area contributed by atoms with Crippen LogP contribution in [0.4, 0.5) is 15.8 Å². The van der Waals surface area contributed by atoms with Crippen molar-refractivity contribution in [3.05, 3.63) is 28.3 Å². The number of nitro benzene ring substituents is 1. The van der Waals surface area contributed by atoms with E-state index in [1.807, 2.05) is 4.90 Å². The Labute approximate surface area is 117 Å². The topological polar surface area (TPSA) is 72.4 Å². The molecule has 1 aromatic rings. The number of benzene rings is 1. The first-order valence-corrected chi connectivity index (χ1v) is 6.47. The van der Waals surface area contributed by atoms with Crippen LogP contribution in [0.1, 0.15) is 12.8 Å². The minimum Gasteiger partial charge on any atom is -0.366 e. The molecule has 0 unspecified atom stereocenters. The van der Waals surface area contributed by atoms with Crippen LogP contribution in [0, 0.1) is 10.1 Å².